The molecule has 1 amide bonds. The Bertz CT molecular complexity index is 478. The molecule has 0 aliphatic carbocycles. The van der Waals surface area contributed by atoms with Gasteiger partial charge in [-0.2, -0.15) is 0 Å². The van der Waals surface area contributed by atoms with Crippen LogP contribution in [-0.4, -0.2) is 29.2 Å². The molecule has 1 aromatic carbocycles. The van der Waals surface area contributed by atoms with Gasteiger partial charge in [-0.3, -0.25) is 9.59 Å². The highest BCUT2D eigenvalue weighted by molar-refractivity contribution is 5.80. The van der Waals surface area contributed by atoms with Crippen molar-refractivity contribution in [2.75, 3.05) is 6.54 Å². The monoisotopic (exact) mass is 273 g/mol. The molecule has 2 rings (SSSR count). The predicted octanol–water partition coefficient (Wildman–Crippen LogP) is 2.90. The topological polar surface area (TPSA) is 37.4 Å². The number of nitrogens with zero attached hydrogens (tertiary/aromatic N) is 1. The van der Waals surface area contributed by atoms with Crippen molar-refractivity contribution in [2.24, 2.45) is 0 Å². The third-order valence-electron chi connectivity index (χ3n) is 3.97. The fourth-order valence-electron chi connectivity index (χ4n) is 2.86. The highest BCUT2D eigenvalue weighted by Crippen LogP contribution is 2.21. The Morgan fingerprint density at radius 2 is 1.95 bits per heavy atom. The number of aryl methyl sites for hydroxylation is 2. The number of carbonyl (C=O) groups excluding carboxylic acids is 2. The van der Waals surface area contributed by atoms with Gasteiger partial charge >= 0.3 is 0 Å². The fourth-order valence-corrected chi connectivity index (χ4v) is 2.86. The Morgan fingerprint density at radius 1 is 1.25 bits per heavy atom. The van der Waals surface area contributed by atoms with E-state index in [1.165, 1.54) is 11.1 Å². The average Bonchev–Trinajstić information content (AvgIpc) is 2.85. The predicted molar refractivity (Wildman–Crippen MR) is 79.5 cm³/mol. The Balaban J connectivity index is 1.87. The number of likely N-dealkylation sites (tertiary alicyclic amines) is 1. The SMILES string of the molecule is CC(=O)CC1CCCN1C(=O)CCc1ccc(C)cc1. The van der Waals surface area contributed by atoms with Gasteiger partial charge < -0.3 is 4.90 Å². The molecule has 0 spiro atoms. The number of hydrogen-bond donors (Lipinski definition) is 0. The van der Waals surface area contributed by atoms with E-state index in [-0.39, 0.29) is 17.7 Å². The van der Waals surface area contributed by atoms with E-state index in [2.05, 4.69) is 31.2 Å². The largest absolute Gasteiger partial charge is 0.339 e. The lowest BCUT2D eigenvalue weighted by Gasteiger charge is -2.24. The van der Waals surface area contributed by atoms with Crippen molar-refractivity contribution in [1.29, 1.82) is 0 Å². The normalized spacial score (nSPS) is 18.3. The molecular formula is C17H23NO2. The summed E-state index contributed by atoms with van der Waals surface area (Å²) in [6.07, 6.45) is 3.82. The first-order valence-electron chi connectivity index (χ1n) is 7.40. The minimum atomic E-state index is 0.137. The Kier molecular flexibility index (Phi) is 4.94. The highest BCUT2D eigenvalue weighted by Gasteiger charge is 2.28. The first-order chi connectivity index (χ1) is 9.56. The molecular weight excluding hydrogens is 250 g/mol. The quantitative estimate of drug-likeness (QED) is 0.827. The molecule has 1 saturated heterocycles. The maximum absolute atomic E-state index is 12.3. The van der Waals surface area contributed by atoms with Crippen molar-refractivity contribution in [3.8, 4) is 0 Å². The van der Waals surface area contributed by atoms with Crippen LogP contribution in [0, 0.1) is 6.92 Å². The van der Waals surface area contributed by atoms with Crippen LogP contribution in [0.5, 0.6) is 0 Å². The van der Waals surface area contributed by atoms with E-state index >= 15 is 0 Å². The molecule has 1 aliphatic rings. The summed E-state index contributed by atoms with van der Waals surface area (Å²) in [6.45, 7) is 4.48. The van der Waals surface area contributed by atoms with Crippen LogP contribution in [0.2, 0.25) is 0 Å². The molecule has 1 heterocycles. The molecule has 108 valence electrons. The maximum atomic E-state index is 12.3. The summed E-state index contributed by atoms with van der Waals surface area (Å²) < 4.78 is 0. The number of rotatable bonds is 5. The zero-order chi connectivity index (χ0) is 14.5. The van der Waals surface area contributed by atoms with Gasteiger partial charge in [0.25, 0.3) is 0 Å². The van der Waals surface area contributed by atoms with Crippen molar-refractivity contribution < 1.29 is 9.59 Å². The minimum absolute atomic E-state index is 0.137. The van der Waals surface area contributed by atoms with Crippen LogP contribution >= 0.6 is 0 Å². The minimum Gasteiger partial charge on any atom is -0.339 e. The van der Waals surface area contributed by atoms with Crippen LogP contribution in [-0.2, 0) is 16.0 Å². The lowest BCUT2D eigenvalue weighted by molar-refractivity contribution is -0.132. The molecule has 3 nitrogen and oxygen atoms in total. The van der Waals surface area contributed by atoms with Gasteiger partial charge in [0.05, 0.1) is 0 Å². The van der Waals surface area contributed by atoms with Gasteiger partial charge in [0.2, 0.25) is 5.91 Å². The van der Waals surface area contributed by atoms with Crippen LogP contribution in [0.25, 0.3) is 0 Å². The fraction of sp³-hybridized carbons (Fsp3) is 0.529. The molecule has 0 radical (unpaired) electrons. The molecule has 20 heavy (non-hydrogen) atoms. The van der Waals surface area contributed by atoms with Gasteiger partial charge in [-0.1, -0.05) is 29.8 Å². The van der Waals surface area contributed by atoms with Gasteiger partial charge in [0.15, 0.2) is 0 Å². The van der Waals surface area contributed by atoms with E-state index in [1.807, 2.05) is 4.90 Å². The van der Waals surface area contributed by atoms with Crippen molar-refractivity contribution in [3.63, 3.8) is 0 Å². The van der Waals surface area contributed by atoms with Gasteiger partial charge in [-0.15, -0.1) is 0 Å². The summed E-state index contributed by atoms with van der Waals surface area (Å²) in [5.41, 5.74) is 2.44. The highest BCUT2D eigenvalue weighted by atomic mass is 16.2. The zero-order valence-corrected chi connectivity index (χ0v) is 12.4. The Hall–Kier alpha value is -1.64. The summed E-state index contributed by atoms with van der Waals surface area (Å²) in [4.78, 5) is 25.4. The van der Waals surface area contributed by atoms with Crippen LogP contribution in [0.3, 0.4) is 0 Å². The second-order valence-electron chi connectivity index (χ2n) is 5.77. The van der Waals surface area contributed by atoms with Gasteiger partial charge in [-0.25, -0.2) is 0 Å². The lowest BCUT2D eigenvalue weighted by Crippen LogP contribution is -2.36. The summed E-state index contributed by atoms with van der Waals surface area (Å²) >= 11 is 0. The first kappa shape index (κ1) is 14.8. The smallest absolute Gasteiger partial charge is 0.223 e. The van der Waals surface area contributed by atoms with Crippen LogP contribution in [0.4, 0.5) is 0 Å². The molecule has 3 heteroatoms. The van der Waals surface area contributed by atoms with E-state index < -0.39 is 0 Å². The Morgan fingerprint density at radius 3 is 2.60 bits per heavy atom. The first-order valence-corrected chi connectivity index (χ1v) is 7.40. The van der Waals surface area contributed by atoms with E-state index in [1.54, 1.807) is 6.92 Å². The molecule has 1 unspecified atom stereocenters. The molecule has 0 N–H and O–H groups in total. The van der Waals surface area contributed by atoms with Gasteiger partial charge in [0.1, 0.15) is 5.78 Å². The van der Waals surface area contributed by atoms with E-state index in [9.17, 15) is 9.59 Å². The van der Waals surface area contributed by atoms with Crippen molar-refractivity contribution in [3.05, 3.63) is 35.4 Å². The molecule has 1 atom stereocenters. The number of amides is 1. The standard InChI is InChI=1S/C17H23NO2/c1-13-5-7-15(8-6-13)9-10-17(20)18-11-3-4-16(18)12-14(2)19/h5-8,16H,3-4,9-12H2,1-2H3. The molecule has 1 fully saturated rings. The molecule has 1 aliphatic heterocycles. The summed E-state index contributed by atoms with van der Waals surface area (Å²) in [5, 5.41) is 0. The lowest BCUT2D eigenvalue weighted by atomic mass is 10.1. The zero-order valence-electron chi connectivity index (χ0n) is 12.4. The van der Waals surface area contributed by atoms with Gasteiger partial charge in [-0.05, 0) is 38.7 Å². The van der Waals surface area contributed by atoms with Crippen LogP contribution in [0.1, 0.15) is 43.7 Å². The molecule has 1 aromatic rings. The third kappa shape index (κ3) is 3.92. The number of carbonyl (C=O) groups is 2. The second kappa shape index (κ2) is 6.69. The number of benzene rings is 1. The van der Waals surface area contributed by atoms with Crippen molar-refractivity contribution >= 4 is 11.7 Å². The second-order valence-corrected chi connectivity index (χ2v) is 5.77. The van der Waals surface area contributed by atoms with E-state index in [0.29, 0.717) is 12.8 Å². The number of Topliss-reactive ketones (excluding diaryl/α,β-unsaturated/α-hetero) is 1. The summed E-state index contributed by atoms with van der Waals surface area (Å²) in [7, 11) is 0. The maximum Gasteiger partial charge on any atom is 0.223 e. The third-order valence-corrected chi connectivity index (χ3v) is 3.97. The van der Waals surface area contributed by atoms with Crippen LogP contribution in [0.15, 0.2) is 24.3 Å². The summed E-state index contributed by atoms with van der Waals surface area (Å²) in [5.74, 6) is 0.363. The van der Waals surface area contributed by atoms with E-state index in [4.69, 9.17) is 0 Å². The van der Waals surface area contributed by atoms with Crippen molar-refractivity contribution in [2.45, 2.75) is 52.0 Å². The Labute approximate surface area is 121 Å². The molecule has 0 saturated carbocycles. The van der Waals surface area contributed by atoms with Gasteiger partial charge in [0, 0.05) is 25.4 Å². The van der Waals surface area contributed by atoms with Crippen molar-refractivity contribution in [1.82, 2.24) is 4.90 Å². The van der Waals surface area contributed by atoms with Crippen LogP contribution < -0.4 is 0 Å². The average molecular weight is 273 g/mol. The number of ketones is 1. The molecule has 0 aromatic heterocycles. The van der Waals surface area contributed by atoms with E-state index in [0.717, 1.165) is 25.8 Å². The summed E-state index contributed by atoms with van der Waals surface area (Å²) in [6, 6.07) is 8.46. The molecule has 0 bridgehead atoms. The number of hydrogen-bond acceptors (Lipinski definition) is 2.